The molecular weight excluding hydrogens is 782 g/mol. The summed E-state index contributed by atoms with van der Waals surface area (Å²) in [7, 11) is 1.30. The van der Waals surface area contributed by atoms with Crippen LogP contribution in [0.1, 0.15) is 155 Å². The van der Waals surface area contributed by atoms with Gasteiger partial charge in [-0.25, -0.2) is 0 Å². The van der Waals surface area contributed by atoms with Crippen LogP contribution in [-0.4, -0.2) is 70.7 Å². The lowest BCUT2D eigenvalue weighted by molar-refractivity contribution is -0.870. The molecule has 9 heteroatoms. The van der Waals surface area contributed by atoms with Gasteiger partial charge in [0.1, 0.15) is 19.3 Å². The molecule has 61 heavy (non-hydrogen) atoms. The summed E-state index contributed by atoms with van der Waals surface area (Å²) < 4.78 is 34.6. The van der Waals surface area contributed by atoms with E-state index < -0.39 is 13.9 Å². The molecule has 0 amide bonds. The van der Waals surface area contributed by atoms with Crippen molar-refractivity contribution in [3.05, 3.63) is 109 Å². The molecule has 0 fully saturated rings. The number of phosphoric ester groups is 1. The molecule has 0 saturated heterocycles. The number of allylic oxidation sites excluding steroid dienone is 18. The molecule has 348 valence electrons. The van der Waals surface area contributed by atoms with Crippen molar-refractivity contribution in [1.29, 1.82) is 0 Å². The van der Waals surface area contributed by atoms with Gasteiger partial charge in [0.25, 0.3) is 7.82 Å². The molecule has 0 aliphatic carbocycles. The Morgan fingerprint density at radius 1 is 0.525 bits per heavy atom. The van der Waals surface area contributed by atoms with E-state index in [0.29, 0.717) is 17.6 Å². The van der Waals surface area contributed by atoms with Crippen molar-refractivity contribution in [2.75, 3.05) is 54.1 Å². The zero-order valence-electron chi connectivity index (χ0n) is 39.3. The van der Waals surface area contributed by atoms with Crippen molar-refractivity contribution in [2.24, 2.45) is 0 Å². The standard InChI is InChI=1S/C52H88NO7P/c1-6-8-10-12-14-16-18-20-22-23-24-25-26-27-28-29-30-32-34-36-38-40-42-44-47-57-49-51(50-59-61(55,56)58-48-46-53(3,4)5)60-52(54)45-43-41-39-37-35-33-31-21-19-17-15-13-11-9-7-2/h8,10,14-17,20-22,24-25,27-28,30-32,36,38,51H,6-7,9,11-13,18-19,23,26,29,33-35,37,39-50H2,1-5H3/b10-8-,16-14-,17-15-,22-20-,25-24-,28-27-,31-21-,32-30-,38-36-. The molecule has 2 atom stereocenters. The molecule has 0 saturated carbocycles. The molecule has 0 N–H and O–H groups in total. The van der Waals surface area contributed by atoms with E-state index in [1.54, 1.807) is 0 Å². The van der Waals surface area contributed by atoms with E-state index in [4.69, 9.17) is 18.5 Å². The third kappa shape index (κ3) is 48.1. The van der Waals surface area contributed by atoms with Gasteiger partial charge >= 0.3 is 5.97 Å². The van der Waals surface area contributed by atoms with Gasteiger partial charge in [0, 0.05) is 13.0 Å². The minimum atomic E-state index is -4.55. The van der Waals surface area contributed by atoms with Gasteiger partial charge in [0.05, 0.1) is 34.4 Å². The molecule has 0 aliphatic heterocycles. The average molecular weight is 870 g/mol. The molecule has 0 aromatic carbocycles. The van der Waals surface area contributed by atoms with Crippen molar-refractivity contribution in [3.63, 3.8) is 0 Å². The summed E-state index contributed by atoms with van der Waals surface area (Å²) in [5.74, 6) is -0.369. The Morgan fingerprint density at radius 2 is 0.951 bits per heavy atom. The number of likely N-dealkylation sites (N-methyl/N-ethyl adjacent to an activating group) is 1. The van der Waals surface area contributed by atoms with Gasteiger partial charge in [-0.2, -0.15) is 0 Å². The number of unbranched alkanes of at least 4 members (excludes halogenated alkanes) is 10. The van der Waals surface area contributed by atoms with Crippen LogP contribution in [-0.2, 0) is 27.9 Å². The summed E-state index contributed by atoms with van der Waals surface area (Å²) in [6.45, 7) is 5.10. The van der Waals surface area contributed by atoms with Crippen LogP contribution in [0.3, 0.4) is 0 Å². The maximum Gasteiger partial charge on any atom is 0.306 e. The van der Waals surface area contributed by atoms with Crippen LogP contribution in [0.15, 0.2) is 109 Å². The maximum absolute atomic E-state index is 12.7. The van der Waals surface area contributed by atoms with Crippen molar-refractivity contribution in [2.45, 2.75) is 161 Å². The first-order valence-corrected chi connectivity index (χ1v) is 25.1. The van der Waals surface area contributed by atoms with E-state index >= 15 is 0 Å². The topological polar surface area (TPSA) is 94.1 Å². The van der Waals surface area contributed by atoms with Crippen LogP contribution in [0, 0.1) is 0 Å². The van der Waals surface area contributed by atoms with Gasteiger partial charge in [-0.1, -0.05) is 155 Å². The van der Waals surface area contributed by atoms with Gasteiger partial charge in [-0.05, 0) is 103 Å². The zero-order chi connectivity index (χ0) is 44.8. The third-order valence-electron chi connectivity index (χ3n) is 9.31. The first-order valence-electron chi connectivity index (χ1n) is 23.6. The van der Waals surface area contributed by atoms with E-state index in [1.807, 2.05) is 21.1 Å². The first kappa shape index (κ1) is 58.2. The Hall–Kier alpha value is -2.84. The highest BCUT2D eigenvalue weighted by atomic mass is 31.2. The fourth-order valence-electron chi connectivity index (χ4n) is 5.67. The second kappa shape index (κ2) is 43.8. The molecule has 0 heterocycles. The normalized spacial score (nSPS) is 14.7. The predicted octanol–water partition coefficient (Wildman–Crippen LogP) is 13.8. The van der Waals surface area contributed by atoms with Crippen LogP contribution < -0.4 is 4.89 Å². The quantitative estimate of drug-likeness (QED) is 0.0198. The molecule has 0 rings (SSSR count). The van der Waals surface area contributed by atoms with Gasteiger partial charge in [-0.3, -0.25) is 9.36 Å². The number of rotatable bonds is 42. The highest BCUT2D eigenvalue weighted by molar-refractivity contribution is 7.45. The minimum absolute atomic E-state index is 0.00783. The van der Waals surface area contributed by atoms with Crippen molar-refractivity contribution < 1.29 is 37.3 Å². The number of nitrogens with zero attached hydrogens (tertiary/aromatic N) is 1. The molecule has 0 spiro atoms. The molecule has 0 radical (unpaired) electrons. The number of esters is 1. The summed E-state index contributed by atoms with van der Waals surface area (Å²) in [6.07, 6.45) is 61.1. The number of phosphoric acid groups is 1. The number of quaternary nitrogens is 1. The van der Waals surface area contributed by atoms with E-state index in [0.717, 1.165) is 109 Å². The number of hydrogen-bond donors (Lipinski definition) is 0. The molecule has 8 nitrogen and oxygen atoms in total. The number of hydrogen-bond acceptors (Lipinski definition) is 7. The minimum Gasteiger partial charge on any atom is -0.756 e. The second-order valence-corrected chi connectivity index (χ2v) is 17.8. The lowest BCUT2D eigenvalue weighted by atomic mass is 10.1. The van der Waals surface area contributed by atoms with E-state index in [2.05, 4.69) is 123 Å². The molecule has 0 aromatic heterocycles. The lowest BCUT2D eigenvalue weighted by Gasteiger charge is -2.28. The Balaban J connectivity index is 4.33. The van der Waals surface area contributed by atoms with Gasteiger partial charge in [-0.15, -0.1) is 0 Å². The van der Waals surface area contributed by atoms with Gasteiger partial charge in [0.2, 0.25) is 0 Å². The summed E-state index contributed by atoms with van der Waals surface area (Å²) in [5.41, 5.74) is 0. The van der Waals surface area contributed by atoms with E-state index in [1.165, 1.54) is 25.7 Å². The van der Waals surface area contributed by atoms with Crippen molar-refractivity contribution >= 4 is 13.8 Å². The number of carbonyl (C=O) groups is 1. The largest absolute Gasteiger partial charge is 0.756 e. The highest BCUT2D eigenvalue weighted by Crippen LogP contribution is 2.38. The molecule has 0 aromatic rings. The summed E-state index contributed by atoms with van der Waals surface area (Å²) in [5, 5.41) is 0. The molecule has 0 aliphatic rings. The second-order valence-electron chi connectivity index (χ2n) is 16.4. The van der Waals surface area contributed by atoms with E-state index in [-0.39, 0.29) is 32.2 Å². The third-order valence-corrected chi connectivity index (χ3v) is 10.3. The monoisotopic (exact) mass is 870 g/mol. The van der Waals surface area contributed by atoms with Crippen LogP contribution >= 0.6 is 7.82 Å². The smallest absolute Gasteiger partial charge is 0.306 e. The van der Waals surface area contributed by atoms with Crippen LogP contribution in [0.2, 0.25) is 0 Å². The number of ether oxygens (including phenoxy) is 2. The zero-order valence-corrected chi connectivity index (χ0v) is 40.2. The van der Waals surface area contributed by atoms with Crippen LogP contribution in [0.5, 0.6) is 0 Å². The molecule has 0 bridgehead atoms. The predicted molar refractivity (Wildman–Crippen MR) is 258 cm³/mol. The maximum atomic E-state index is 12.7. The van der Waals surface area contributed by atoms with Crippen LogP contribution in [0.4, 0.5) is 0 Å². The van der Waals surface area contributed by atoms with Crippen molar-refractivity contribution in [3.8, 4) is 0 Å². The van der Waals surface area contributed by atoms with Gasteiger partial charge in [0.15, 0.2) is 0 Å². The SMILES string of the molecule is CC/C=C\C/C=C\C/C=C\C/C=C\C/C=C\C/C=C\C/C=C\CCCCOCC(COP(=O)([O-])OCC[N+](C)(C)C)OC(=O)CCCCCCC/C=C\C/C=C\CCCCC. The van der Waals surface area contributed by atoms with Crippen molar-refractivity contribution in [1.82, 2.24) is 0 Å². The Kier molecular flexibility index (Phi) is 41.8. The molecule has 2 unspecified atom stereocenters. The summed E-state index contributed by atoms with van der Waals surface area (Å²) >= 11 is 0. The average Bonchev–Trinajstić information content (AvgIpc) is 3.22. The Labute approximate surface area is 374 Å². The molecular formula is C52H88NO7P. The summed E-state index contributed by atoms with van der Waals surface area (Å²) in [4.78, 5) is 25.1. The summed E-state index contributed by atoms with van der Waals surface area (Å²) in [6, 6.07) is 0. The van der Waals surface area contributed by atoms with Gasteiger partial charge < -0.3 is 27.9 Å². The fourth-order valence-corrected chi connectivity index (χ4v) is 6.40. The highest BCUT2D eigenvalue weighted by Gasteiger charge is 2.20. The Bertz CT molecular complexity index is 1340. The number of carbonyl (C=O) groups excluding carboxylic acids is 1. The van der Waals surface area contributed by atoms with E-state index in [9.17, 15) is 14.3 Å². The fraction of sp³-hybridized carbons (Fsp3) is 0.635. The lowest BCUT2D eigenvalue weighted by Crippen LogP contribution is -2.37. The first-order chi connectivity index (χ1) is 29.6. The Morgan fingerprint density at radius 3 is 1.43 bits per heavy atom. The van der Waals surface area contributed by atoms with Crippen LogP contribution in [0.25, 0.3) is 0 Å².